The van der Waals surface area contributed by atoms with Crippen molar-refractivity contribution >= 4 is 22.1 Å². The van der Waals surface area contributed by atoms with Crippen LogP contribution in [0.25, 0.3) is 33.4 Å². The summed E-state index contributed by atoms with van der Waals surface area (Å²) in [6.45, 7) is 0. The maximum atomic E-state index is 10.8. The van der Waals surface area contributed by atoms with E-state index in [1.165, 1.54) is 21.7 Å². The lowest BCUT2D eigenvalue weighted by molar-refractivity contribution is 0.359. The Morgan fingerprint density at radius 2 is 0.796 bits per heavy atom. The number of hydrogen-bond donors (Lipinski definition) is 2. The number of hydrogen-bond acceptors (Lipinski definition) is 13. The van der Waals surface area contributed by atoms with E-state index < -0.39 is 0 Å². The highest BCUT2D eigenvalue weighted by Crippen LogP contribution is 2.33. The standard InChI is InChI=1S/C34H23N9O6/c1-46-20-10-12-21(13-11-20)47-32-35-33(48-22-14-16-28(30(44)18-22)42-38-24-6-2-3-7-25(24)39-42)37-34(36-32)49-23-15-17-29(31(45)19-23)43-40-26-8-4-5-9-27(26)41-43/h2-19,44-45H,1H3. The fourth-order valence-corrected chi connectivity index (χ4v) is 4.82. The molecule has 0 saturated heterocycles. The van der Waals surface area contributed by atoms with E-state index >= 15 is 0 Å². The molecule has 15 heteroatoms. The van der Waals surface area contributed by atoms with E-state index in [4.69, 9.17) is 18.9 Å². The summed E-state index contributed by atoms with van der Waals surface area (Å²) in [4.78, 5) is 15.5. The van der Waals surface area contributed by atoms with Gasteiger partial charge in [0.15, 0.2) is 0 Å². The summed E-state index contributed by atoms with van der Waals surface area (Å²) in [5.74, 6) is 1.16. The topological polar surface area (TPSA) is 177 Å². The first-order valence-electron chi connectivity index (χ1n) is 14.7. The lowest BCUT2D eigenvalue weighted by Gasteiger charge is -2.11. The predicted octanol–water partition coefficient (Wildman–Crippen LogP) is 6.14. The summed E-state index contributed by atoms with van der Waals surface area (Å²) in [7, 11) is 1.56. The first-order chi connectivity index (χ1) is 24.0. The van der Waals surface area contributed by atoms with Crippen LogP contribution >= 0.6 is 0 Å². The van der Waals surface area contributed by atoms with Crippen LogP contribution in [-0.4, -0.2) is 62.3 Å². The smallest absolute Gasteiger partial charge is 0.331 e. The van der Waals surface area contributed by atoms with Gasteiger partial charge in [0.1, 0.15) is 67.9 Å². The van der Waals surface area contributed by atoms with Gasteiger partial charge in [0.25, 0.3) is 0 Å². The van der Waals surface area contributed by atoms with Crippen molar-refractivity contribution in [2.75, 3.05) is 7.11 Å². The van der Waals surface area contributed by atoms with E-state index in [0.717, 1.165) is 0 Å². The van der Waals surface area contributed by atoms with Crippen molar-refractivity contribution in [3.63, 3.8) is 0 Å². The van der Waals surface area contributed by atoms with Crippen LogP contribution in [0.3, 0.4) is 0 Å². The zero-order valence-electron chi connectivity index (χ0n) is 25.4. The maximum absolute atomic E-state index is 10.8. The number of phenolic OH excluding ortho intramolecular Hbond substituents is 2. The second-order valence-electron chi connectivity index (χ2n) is 10.4. The molecule has 0 aliphatic heterocycles. The van der Waals surface area contributed by atoms with Crippen LogP contribution in [0.1, 0.15) is 0 Å². The molecule has 8 rings (SSSR count). The molecule has 3 aromatic heterocycles. The number of benzene rings is 5. The van der Waals surface area contributed by atoms with E-state index in [9.17, 15) is 10.2 Å². The number of aromatic hydroxyl groups is 2. The van der Waals surface area contributed by atoms with Crippen LogP contribution < -0.4 is 18.9 Å². The molecule has 8 aromatic rings. The highest BCUT2D eigenvalue weighted by Gasteiger charge is 2.17. The molecule has 0 radical (unpaired) electrons. The summed E-state index contributed by atoms with van der Waals surface area (Å²) in [6, 6.07) is 30.1. The maximum Gasteiger partial charge on any atom is 0.331 e. The largest absolute Gasteiger partial charge is 0.505 e. The van der Waals surface area contributed by atoms with Gasteiger partial charge in [-0.1, -0.05) is 24.3 Å². The summed E-state index contributed by atoms with van der Waals surface area (Å²) in [5, 5.41) is 39.3. The Kier molecular flexibility index (Phi) is 7.22. The minimum atomic E-state index is -0.197. The number of rotatable bonds is 9. The van der Waals surface area contributed by atoms with Crippen molar-refractivity contribution < 1.29 is 29.2 Å². The minimum Gasteiger partial charge on any atom is -0.505 e. The minimum absolute atomic E-state index is 0.145. The first kappa shape index (κ1) is 29.1. The normalized spacial score (nSPS) is 11.1. The molecule has 0 fully saturated rings. The second-order valence-corrected chi connectivity index (χ2v) is 10.4. The second kappa shape index (κ2) is 12.1. The third-order valence-corrected chi connectivity index (χ3v) is 7.16. The Morgan fingerprint density at radius 3 is 1.16 bits per heavy atom. The van der Waals surface area contributed by atoms with Crippen molar-refractivity contribution in [1.29, 1.82) is 0 Å². The summed E-state index contributed by atoms with van der Waals surface area (Å²) in [5.41, 5.74) is 3.40. The molecule has 0 atom stereocenters. The van der Waals surface area contributed by atoms with Crippen LogP contribution in [0.2, 0.25) is 0 Å². The van der Waals surface area contributed by atoms with Gasteiger partial charge in [0, 0.05) is 12.1 Å². The number of methoxy groups -OCH3 is 1. The Hall–Kier alpha value is -7.29. The summed E-state index contributed by atoms with van der Waals surface area (Å²) < 4.78 is 22.9. The zero-order chi connectivity index (χ0) is 33.3. The van der Waals surface area contributed by atoms with Gasteiger partial charge < -0.3 is 29.2 Å². The monoisotopic (exact) mass is 653 g/mol. The Balaban J connectivity index is 1.08. The highest BCUT2D eigenvalue weighted by molar-refractivity contribution is 5.74. The predicted molar refractivity (Wildman–Crippen MR) is 174 cm³/mol. The average Bonchev–Trinajstić information content (AvgIpc) is 3.73. The first-order valence-corrected chi connectivity index (χ1v) is 14.7. The van der Waals surface area contributed by atoms with E-state index in [1.807, 2.05) is 48.5 Å². The molecule has 0 unspecified atom stereocenters. The third kappa shape index (κ3) is 6.01. The molecule has 0 saturated carbocycles. The molecule has 0 bridgehead atoms. The SMILES string of the molecule is COc1ccc(Oc2nc(Oc3ccc(-n4nc5ccccc5n4)c(O)c3)nc(Oc3ccc(-n4nc5ccccc5n4)c(O)c3)n2)cc1. The molecule has 2 N–H and O–H groups in total. The van der Waals surface area contributed by atoms with Crippen LogP contribution in [0.4, 0.5) is 0 Å². The summed E-state index contributed by atoms with van der Waals surface area (Å²) >= 11 is 0. The highest BCUT2D eigenvalue weighted by atomic mass is 16.5. The fourth-order valence-electron chi connectivity index (χ4n) is 4.82. The molecule has 5 aromatic carbocycles. The van der Waals surface area contributed by atoms with E-state index in [-0.39, 0.29) is 41.0 Å². The third-order valence-electron chi connectivity index (χ3n) is 7.16. The van der Waals surface area contributed by atoms with Gasteiger partial charge in [-0.15, -0.1) is 44.9 Å². The van der Waals surface area contributed by atoms with Gasteiger partial charge in [-0.25, -0.2) is 0 Å². The quantitative estimate of drug-likeness (QED) is 0.182. The van der Waals surface area contributed by atoms with Crippen molar-refractivity contribution in [2.45, 2.75) is 0 Å². The number of fused-ring (bicyclic) bond motifs is 2. The van der Waals surface area contributed by atoms with Gasteiger partial charge in [-0.05, 0) is 72.8 Å². The number of ether oxygens (including phenoxy) is 4. The van der Waals surface area contributed by atoms with Crippen molar-refractivity contribution in [3.8, 4) is 63.9 Å². The molecule has 0 amide bonds. The van der Waals surface area contributed by atoms with Gasteiger partial charge >= 0.3 is 18.0 Å². The fraction of sp³-hybridized carbons (Fsp3) is 0.0294. The molecule has 49 heavy (non-hydrogen) atoms. The molecule has 0 spiro atoms. The van der Waals surface area contributed by atoms with E-state index in [0.29, 0.717) is 44.9 Å². The molecule has 240 valence electrons. The Morgan fingerprint density at radius 1 is 0.449 bits per heavy atom. The van der Waals surface area contributed by atoms with Crippen LogP contribution in [0.15, 0.2) is 109 Å². The molecule has 0 aliphatic rings. The van der Waals surface area contributed by atoms with E-state index in [1.54, 1.807) is 55.6 Å². The van der Waals surface area contributed by atoms with Crippen LogP contribution in [0.5, 0.6) is 52.5 Å². The Bertz CT molecular complexity index is 2250. The lowest BCUT2D eigenvalue weighted by Crippen LogP contribution is -2.02. The zero-order valence-corrected chi connectivity index (χ0v) is 25.4. The number of phenols is 2. The van der Waals surface area contributed by atoms with Crippen molar-refractivity contribution in [2.24, 2.45) is 0 Å². The Labute approximate surface area is 276 Å². The summed E-state index contributed by atoms with van der Waals surface area (Å²) in [6.07, 6.45) is 0. The van der Waals surface area contributed by atoms with Crippen LogP contribution in [-0.2, 0) is 0 Å². The van der Waals surface area contributed by atoms with Crippen LogP contribution in [0, 0.1) is 0 Å². The average molecular weight is 654 g/mol. The molecule has 3 heterocycles. The van der Waals surface area contributed by atoms with Gasteiger partial charge in [0.2, 0.25) is 0 Å². The molecular weight excluding hydrogens is 630 g/mol. The molecular formula is C34H23N9O6. The van der Waals surface area contributed by atoms with Gasteiger partial charge in [0.05, 0.1) is 7.11 Å². The van der Waals surface area contributed by atoms with E-state index in [2.05, 4.69) is 35.3 Å². The number of aromatic nitrogens is 9. The van der Waals surface area contributed by atoms with Gasteiger partial charge in [-0.3, -0.25) is 0 Å². The molecule has 0 aliphatic carbocycles. The lowest BCUT2D eigenvalue weighted by atomic mass is 10.3. The molecule has 15 nitrogen and oxygen atoms in total. The van der Waals surface area contributed by atoms with Crippen molar-refractivity contribution in [1.82, 2.24) is 44.9 Å². The number of nitrogens with zero attached hydrogens (tertiary/aromatic N) is 9. The van der Waals surface area contributed by atoms with Crippen molar-refractivity contribution in [3.05, 3.63) is 109 Å². The van der Waals surface area contributed by atoms with Gasteiger partial charge in [-0.2, -0.15) is 0 Å².